The Morgan fingerprint density at radius 3 is 2.55 bits per heavy atom. The molecule has 1 N–H and O–H groups in total. The van der Waals surface area contributed by atoms with Crippen molar-refractivity contribution in [3.8, 4) is 0 Å². The average Bonchev–Trinajstić information content (AvgIpc) is 2.42. The van der Waals surface area contributed by atoms with Gasteiger partial charge in [0.15, 0.2) is 0 Å². The Labute approximate surface area is 126 Å². The standard InChI is InChI=1S/C15H13Cl2F2N/c1-20-14(11-3-2-4-12(17)15(11)19)7-9-5-6-10(16)8-13(9)18/h2-6,8,14,20H,7H2,1H3. The van der Waals surface area contributed by atoms with Gasteiger partial charge in [0.2, 0.25) is 0 Å². The highest BCUT2D eigenvalue weighted by Crippen LogP contribution is 2.27. The molecule has 0 amide bonds. The molecule has 0 aliphatic rings. The van der Waals surface area contributed by atoms with Crippen molar-refractivity contribution in [2.45, 2.75) is 12.5 Å². The van der Waals surface area contributed by atoms with Crippen LogP contribution in [0.5, 0.6) is 0 Å². The zero-order chi connectivity index (χ0) is 14.7. The van der Waals surface area contributed by atoms with Crippen LogP contribution < -0.4 is 5.32 Å². The van der Waals surface area contributed by atoms with E-state index in [1.807, 2.05) is 0 Å². The van der Waals surface area contributed by atoms with Gasteiger partial charge in [-0.3, -0.25) is 0 Å². The Kier molecular flexibility index (Phi) is 4.97. The van der Waals surface area contributed by atoms with E-state index < -0.39 is 11.6 Å². The molecule has 5 heteroatoms. The van der Waals surface area contributed by atoms with E-state index in [1.54, 1.807) is 31.3 Å². The summed E-state index contributed by atoms with van der Waals surface area (Å²) in [5, 5.41) is 3.37. The van der Waals surface area contributed by atoms with Crippen LogP contribution in [-0.4, -0.2) is 7.05 Å². The first-order chi connectivity index (χ1) is 9.52. The van der Waals surface area contributed by atoms with Crippen LogP contribution in [0.3, 0.4) is 0 Å². The lowest BCUT2D eigenvalue weighted by Crippen LogP contribution is -2.20. The van der Waals surface area contributed by atoms with Crippen LogP contribution in [0.1, 0.15) is 17.2 Å². The van der Waals surface area contributed by atoms with Crippen molar-refractivity contribution in [1.82, 2.24) is 5.32 Å². The predicted octanol–water partition coefficient (Wildman–Crippen LogP) is 4.77. The molecule has 20 heavy (non-hydrogen) atoms. The average molecular weight is 316 g/mol. The van der Waals surface area contributed by atoms with Crippen LogP contribution >= 0.6 is 23.2 Å². The number of halogens is 4. The summed E-state index contributed by atoms with van der Waals surface area (Å²) in [5.74, 6) is -0.886. The lowest BCUT2D eigenvalue weighted by Gasteiger charge is -2.18. The van der Waals surface area contributed by atoms with E-state index in [4.69, 9.17) is 23.2 Å². The molecule has 2 aromatic rings. The fraction of sp³-hybridized carbons (Fsp3) is 0.200. The van der Waals surface area contributed by atoms with Gasteiger partial charge in [-0.2, -0.15) is 0 Å². The first-order valence-corrected chi connectivity index (χ1v) is 6.83. The maximum Gasteiger partial charge on any atom is 0.146 e. The Hall–Kier alpha value is -1.16. The van der Waals surface area contributed by atoms with Gasteiger partial charge in [-0.15, -0.1) is 0 Å². The highest BCUT2D eigenvalue weighted by atomic mass is 35.5. The van der Waals surface area contributed by atoms with Gasteiger partial charge >= 0.3 is 0 Å². The van der Waals surface area contributed by atoms with Gasteiger partial charge in [0.1, 0.15) is 11.6 Å². The zero-order valence-electron chi connectivity index (χ0n) is 10.8. The van der Waals surface area contributed by atoms with Gasteiger partial charge in [-0.05, 0) is 37.2 Å². The molecule has 0 spiro atoms. The lowest BCUT2D eigenvalue weighted by molar-refractivity contribution is 0.520. The molecule has 0 aliphatic carbocycles. The summed E-state index contributed by atoms with van der Waals surface area (Å²) in [6.45, 7) is 0. The summed E-state index contributed by atoms with van der Waals surface area (Å²) >= 11 is 11.5. The summed E-state index contributed by atoms with van der Waals surface area (Å²) in [6.07, 6.45) is 0.302. The monoisotopic (exact) mass is 315 g/mol. The molecule has 106 valence electrons. The van der Waals surface area contributed by atoms with E-state index in [2.05, 4.69) is 5.32 Å². The van der Waals surface area contributed by atoms with Crippen molar-refractivity contribution < 1.29 is 8.78 Å². The quantitative estimate of drug-likeness (QED) is 0.856. The van der Waals surface area contributed by atoms with Crippen molar-refractivity contribution >= 4 is 23.2 Å². The Balaban J connectivity index is 2.31. The van der Waals surface area contributed by atoms with Crippen LogP contribution in [0.4, 0.5) is 8.78 Å². The molecular weight excluding hydrogens is 303 g/mol. The molecular formula is C15H13Cl2F2N. The minimum Gasteiger partial charge on any atom is -0.313 e. The third kappa shape index (κ3) is 3.29. The lowest BCUT2D eigenvalue weighted by atomic mass is 9.98. The van der Waals surface area contributed by atoms with Crippen molar-refractivity contribution in [2.24, 2.45) is 0 Å². The Morgan fingerprint density at radius 2 is 1.90 bits per heavy atom. The van der Waals surface area contributed by atoms with Gasteiger partial charge in [-0.25, -0.2) is 8.78 Å². The molecule has 0 aliphatic heterocycles. The normalized spacial score (nSPS) is 12.4. The first kappa shape index (κ1) is 15.2. The zero-order valence-corrected chi connectivity index (χ0v) is 12.3. The van der Waals surface area contributed by atoms with Crippen LogP contribution in [0, 0.1) is 11.6 Å². The molecule has 0 saturated carbocycles. The molecule has 0 bridgehead atoms. The Bertz CT molecular complexity index is 617. The van der Waals surface area contributed by atoms with Gasteiger partial charge < -0.3 is 5.32 Å². The predicted molar refractivity (Wildman–Crippen MR) is 78.3 cm³/mol. The first-order valence-electron chi connectivity index (χ1n) is 6.08. The summed E-state index contributed by atoms with van der Waals surface area (Å²) < 4.78 is 27.8. The van der Waals surface area contributed by atoms with Crippen molar-refractivity contribution in [3.05, 3.63) is 69.2 Å². The van der Waals surface area contributed by atoms with Crippen molar-refractivity contribution in [2.75, 3.05) is 7.05 Å². The van der Waals surface area contributed by atoms with Gasteiger partial charge in [0.05, 0.1) is 5.02 Å². The maximum atomic E-state index is 14.0. The van der Waals surface area contributed by atoms with Gasteiger partial charge in [0, 0.05) is 16.6 Å². The molecule has 0 fully saturated rings. The number of rotatable bonds is 4. The maximum absolute atomic E-state index is 14.0. The largest absolute Gasteiger partial charge is 0.313 e. The smallest absolute Gasteiger partial charge is 0.146 e. The van der Waals surface area contributed by atoms with Crippen LogP contribution in [0.2, 0.25) is 10.0 Å². The number of nitrogens with one attached hydrogen (secondary N) is 1. The van der Waals surface area contributed by atoms with E-state index in [0.717, 1.165) is 0 Å². The van der Waals surface area contributed by atoms with Gasteiger partial charge in [-0.1, -0.05) is 41.4 Å². The number of hydrogen-bond donors (Lipinski definition) is 1. The second-order valence-electron chi connectivity index (χ2n) is 4.42. The van der Waals surface area contributed by atoms with E-state index in [9.17, 15) is 8.78 Å². The molecule has 1 nitrogen and oxygen atoms in total. The van der Waals surface area contributed by atoms with E-state index in [-0.39, 0.29) is 11.1 Å². The SMILES string of the molecule is CNC(Cc1ccc(Cl)cc1F)c1cccc(Cl)c1F. The topological polar surface area (TPSA) is 12.0 Å². The number of benzene rings is 2. The van der Waals surface area contributed by atoms with E-state index in [1.165, 1.54) is 12.1 Å². The fourth-order valence-corrected chi connectivity index (χ4v) is 2.40. The summed E-state index contributed by atoms with van der Waals surface area (Å²) in [4.78, 5) is 0. The Morgan fingerprint density at radius 1 is 1.15 bits per heavy atom. The molecule has 0 aromatic heterocycles. The highest BCUT2D eigenvalue weighted by molar-refractivity contribution is 6.31. The molecule has 0 radical (unpaired) electrons. The van der Waals surface area contributed by atoms with Crippen molar-refractivity contribution in [1.29, 1.82) is 0 Å². The summed E-state index contributed by atoms with van der Waals surface area (Å²) in [5.41, 5.74) is 0.877. The molecule has 0 saturated heterocycles. The second kappa shape index (κ2) is 6.53. The third-order valence-corrected chi connectivity index (χ3v) is 3.67. The minimum atomic E-state index is -0.483. The third-order valence-electron chi connectivity index (χ3n) is 3.14. The molecule has 0 heterocycles. The molecule has 2 rings (SSSR count). The highest BCUT2D eigenvalue weighted by Gasteiger charge is 2.18. The fourth-order valence-electron chi connectivity index (χ4n) is 2.06. The summed E-state index contributed by atoms with van der Waals surface area (Å²) in [7, 11) is 1.69. The van der Waals surface area contributed by atoms with E-state index in [0.29, 0.717) is 22.6 Å². The molecule has 1 atom stereocenters. The van der Waals surface area contributed by atoms with Crippen LogP contribution in [0.15, 0.2) is 36.4 Å². The molecule has 1 unspecified atom stereocenters. The minimum absolute atomic E-state index is 0.0549. The second-order valence-corrected chi connectivity index (χ2v) is 5.27. The summed E-state index contributed by atoms with van der Waals surface area (Å²) in [6, 6.07) is 8.88. The van der Waals surface area contributed by atoms with Gasteiger partial charge in [0.25, 0.3) is 0 Å². The van der Waals surface area contributed by atoms with Crippen molar-refractivity contribution in [3.63, 3.8) is 0 Å². The van der Waals surface area contributed by atoms with Crippen LogP contribution in [-0.2, 0) is 6.42 Å². The number of likely N-dealkylation sites (N-methyl/N-ethyl adjacent to an activating group) is 1. The number of hydrogen-bond acceptors (Lipinski definition) is 1. The van der Waals surface area contributed by atoms with E-state index >= 15 is 0 Å². The van der Waals surface area contributed by atoms with Crippen LogP contribution in [0.25, 0.3) is 0 Å². The molecule has 2 aromatic carbocycles.